The van der Waals surface area contributed by atoms with E-state index in [-0.39, 0.29) is 77.2 Å². The Morgan fingerprint density at radius 3 is 0.535 bits per heavy atom. The molecular formula is C77H112F12O10. The van der Waals surface area contributed by atoms with Crippen molar-refractivity contribution >= 4 is 0 Å². The number of halogens is 12. The van der Waals surface area contributed by atoms with E-state index in [2.05, 4.69) is 6.92 Å². The summed E-state index contributed by atoms with van der Waals surface area (Å²) in [4.78, 5) is 0. The summed E-state index contributed by atoms with van der Waals surface area (Å²) in [5.41, 5.74) is 12.5. The number of rotatable bonds is 27. The molecule has 99 heavy (non-hydrogen) atoms. The lowest BCUT2D eigenvalue weighted by atomic mass is 9.94. The highest BCUT2D eigenvalue weighted by Crippen LogP contribution is 2.43. The first-order chi connectivity index (χ1) is 45.6. The number of alkyl halides is 12. The monoisotopic (exact) mass is 1420 g/mol. The van der Waals surface area contributed by atoms with Crippen molar-refractivity contribution in [3.8, 4) is 57.5 Å². The molecule has 0 spiro atoms. The third-order valence-corrected chi connectivity index (χ3v) is 19.2. The minimum atomic E-state index is -4.27. The number of benzene rings is 5. The Hall–Kier alpha value is -6.74. The molecule has 0 unspecified atom stereocenters. The van der Waals surface area contributed by atoms with Gasteiger partial charge in [0.05, 0.1) is 0 Å². The molecule has 0 saturated carbocycles. The van der Waals surface area contributed by atoms with Crippen LogP contribution in [0, 0.1) is 104 Å². The second kappa shape index (κ2) is 41.2. The fourth-order valence-corrected chi connectivity index (χ4v) is 11.7. The Bertz CT molecular complexity index is 3220. The fourth-order valence-electron chi connectivity index (χ4n) is 11.7. The van der Waals surface area contributed by atoms with Crippen LogP contribution in [-0.2, 0) is 32.1 Å². The highest BCUT2D eigenvalue weighted by Gasteiger charge is 2.30. The molecule has 0 saturated heterocycles. The van der Waals surface area contributed by atoms with Crippen LogP contribution in [0.5, 0.6) is 57.5 Å². The van der Waals surface area contributed by atoms with E-state index in [1.165, 1.54) is 45.4 Å². The molecule has 0 radical (unpaired) electrons. The smallest absolute Gasteiger partial charge is 0.389 e. The number of phenolic OH excluding ortho intramolecular Hbond substituents is 10. The highest BCUT2D eigenvalue weighted by molar-refractivity contribution is 5.60. The summed E-state index contributed by atoms with van der Waals surface area (Å²) in [6, 6.07) is 0. The van der Waals surface area contributed by atoms with Gasteiger partial charge in [-0.15, -0.1) is 0 Å². The molecule has 0 aliphatic carbocycles. The summed E-state index contributed by atoms with van der Waals surface area (Å²) in [5, 5.41) is 100. The molecule has 5 aromatic carbocycles. The van der Waals surface area contributed by atoms with E-state index in [9.17, 15) is 104 Å². The maximum absolute atomic E-state index is 12.1. The van der Waals surface area contributed by atoms with E-state index in [1.807, 2.05) is 20.8 Å². The van der Waals surface area contributed by atoms with Crippen LogP contribution in [-0.4, -0.2) is 75.8 Å². The Morgan fingerprint density at radius 1 is 0.182 bits per heavy atom. The summed E-state index contributed by atoms with van der Waals surface area (Å²) < 4.78 is 145. The molecule has 564 valence electrons. The summed E-state index contributed by atoms with van der Waals surface area (Å²) in [6.07, 6.45) is -3.36. The average Bonchev–Trinajstić information content (AvgIpc) is 0.839. The molecule has 5 rings (SSSR count). The third-order valence-electron chi connectivity index (χ3n) is 19.2. The predicted molar refractivity (Wildman–Crippen MR) is 370 cm³/mol. The maximum Gasteiger partial charge on any atom is 0.389 e. The van der Waals surface area contributed by atoms with Gasteiger partial charge in [0.15, 0.2) is 0 Å². The van der Waals surface area contributed by atoms with Gasteiger partial charge in [0.2, 0.25) is 0 Å². The van der Waals surface area contributed by atoms with Crippen molar-refractivity contribution in [1.29, 1.82) is 0 Å². The Balaban J connectivity index is 0.000000620. The van der Waals surface area contributed by atoms with Crippen LogP contribution in [0.2, 0.25) is 0 Å². The number of phenols is 10. The van der Waals surface area contributed by atoms with Gasteiger partial charge in [-0.05, 0) is 264 Å². The normalized spacial score (nSPS) is 11.7. The van der Waals surface area contributed by atoms with E-state index < -0.39 is 50.4 Å². The van der Waals surface area contributed by atoms with Crippen LogP contribution in [0.15, 0.2) is 0 Å². The first-order valence-corrected chi connectivity index (χ1v) is 34.4. The first kappa shape index (κ1) is 90.3. The molecule has 0 aliphatic rings. The van der Waals surface area contributed by atoms with E-state index in [1.54, 1.807) is 76.2 Å². The van der Waals surface area contributed by atoms with Gasteiger partial charge in [0.1, 0.15) is 57.5 Å². The van der Waals surface area contributed by atoms with Crippen LogP contribution < -0.4 is 0 Å². The van der Waals surface area contributed by atoms with Crippen LogP contribution in [0.25, 0.3) is 0 Å². The largest absolute Gasteiger partial charge is 0.507 e. The molecule has 0 aromatic heterocycles. The van der Waals surface area contributed by atoms with E-state index >= 15 is 0 Å². The van der Waals surface area contributed by atoms with Crippen LogP contribution in [0.4, 0.5) is 52.7 Å². The van der Waals surface area contributed by atoms with Gasteiger partial charge in [-0.1, -0.05) is 77.6 Å². The molecule has 0 fully saturated rings. The van der Waals surface area contributed by atoms with E-state index in [0.717, 1.165) is 59.9 Å². The van der Waals surface area contributed by atoms with Crippen molar-refractivity contribution in [3.63, 3.8) is 0 Å². The minimum absolute atomic E-state index is 0.0239. The van der Waals surface area contributed by atoms with Gasteiger partial charge in [0.25, 0.3) is 0 Å². The van der Waals surface area contributed by atoms with E-state index in [0.29, 0.717) is 141 Å². The van der Waals surface area contributed by atoms with Crippen molar-refractivity contribution in [1.82, 2.24) is 0 Å². The zero-order chi connectivity index (χ0) is 76.4. The molecule has 10 nitrogen and oxygen atoms in total. The van der Waals surface area contributed by atoms with Gasteiger partial charge in [0, 0.05) is 53.5 Å². The molecule has 0 bridgehead atoms. The Kier molecular flexibility index (Phi) is 37.6. The molecule has 0 aliphatic heterocycles. The van der Waals surface area contributed by atoms with Crippen LogP contribution in [0.3, 0.4) is 0 Å². The van der Waals surface area contributed by atoms with E-state index in [4.69, 9.17) is 0 Å². The van der Waals surface area contributed by atoms with Crippen molar-refractivity contribution in [2.45, 2.75) is 309 Å². The third kappa shape index (κ3) is 29.4. The highest BCUT2D eigenvalue weighted by atomic mass is 19.4. The van der Waals surface area contributed by atoms with Gasteiger partial charge in [-0.25, -0.2) is 0 Å². The number of hydrogen-bond acceptors (Lipinski definition) is 10. The minimum Gasteiger partial charge on any atom is -0.507 e. The van der Waals surface area contributed by atoms with Crippen molar-refractivity contribution in [3.05, 3.63) is 111 Å². The second-order valence-corrected chi connectivity index (χ2v) is 26.5. The SMILES string of the molecule is CCCCCCCCCc1c(C)c(O)c(C)c(C)c1O.Cc1c(C)c(O)c(CCC(F)(F)F)c(C)c1O.Cc1c(C)c(O)c(CCCCC(F)(F)F)c(C)c1O.Cc1c(C)c(O)c(CCCCCCC(F)(F)F)c(C)c1O.Cc1c(C)c(O)c(CCCCCCCC(F)(F)F)c(C)c1O. The van der Waals surface area contributed by atoms with Gasteiger partial charge >= 0.3 is 24.7 Å². The van der Waals surface area contributed by atoms with Gasteiger partial charge in [-0.2, -0.15) is 52.7 Å². The summed E-state index contributed by atoms with van der Waals surface area (Å²) in [7, 11) is 0. The van der Waals surface area contributed by atoms with Crippen LogP contribution in [0.1, 0.15) is 259 Å². The fraction of sp³-hybridized carbons (Fsp3) is 0.610. The molecule has 0 atom stereocenters. The van der Waals surface area contributed by atoms with Crippen LogP contribution >= 0.6 is 0 Å². The zero-order valence-corrected chi connectivity index (χ0v) is 61.1. The molecule has 0 amide bonds. The molecule has 22 heteroatoms. The summed E-state index contributed by atoms with van der Waals surface area (Å²) in [5.74, 6) is 1.55. The Labute approximate surface area is 579 Å². The summed E-state index contributed by atoms with van der Waals surface area (Å²) >= 11 is 0. The van der Waals surface area contributed by atoms with Crippen molar-refractivity contribution < 1.29 is 104 Å². The molecule has 0 heterocycles. The van der Waals surface area contributed by atoms with Crippen molar-refractivity contribution in [2.24, 2.45) is 0 Å². The number of aromatic hydroxyl groups is 10. The summed E-state index contributed by atoms with van der Waals surface area (Å²) in [6.45, 7) is 28.2. The van der Waals surface area contributed by atoms with Crippen molar-refractivity contribution in [2.75, 3.05) is 0 Å². The molecule has 10 N–H and O–H groups in total. The number of unbranched alkanes of at least 4 members (excludes halogenated alkanes) is 14. The van der Waals surface area contributed by atoms with Gasteiger partial charge in [-0.3, -0.25) is 0 Å². The number of hydrogen-bond donors (Lipinski definition) is 10. The second-order valence-electron chi connectivity index (χ2n) is 26.5. The predicted octanol–water partition coefficient (Wildman–Crippen LogP) is 23.7. The lowest BCUT2D eigenvalue weighted by molar-refractivity contribution is -0.136. The quantitative estimate of drug-likeness (QED) is 0.0137. The molecular weight excluding hydrogens is 1310 g/mol. The first-order valence-electron chi connectivity index (χ1n) is 34.4. The van der Waals surface area contributed by atoms with Gasteiger partial charge < -0.3 is 51.1 Å². The standard InChI is InChI=1S/C18H30O2.C17H25F3O2.C16H23F3O2.C14H19F3O2.C12H15F3O2/c1-5-6-7-8-9-10-11-12-16-15(4)17(19)13(2)14(3)18(16)20;1-11-12(2)16(22)14(13(3)15(11)21)9-7-5-4-6-8-10-17(18,19)20;1-10-11(2)15(21)13(12(3)14(10)20)8-6-4-5-7-9-16(17,18)19;1-8-9(2)13(19)11(10(3)12(8)18)6-4-5-7-14(15,16)17;1-6-7(2)11(17)9(8(3)10(6)16)4-5-12(13,14)15/h19-20H,5-12H2,1-4H3;21-22H,4-10H2,1-3H3;20-21H,4-9H2,1-3H3;18-19H,4-7H2,1-3H3;16-17H,4-5H2,1-3H3. The Morgan fingerprint density at radius 2 is 0.333 bits per heavy atom. The zero-order valence-electron chi connectivity index (χ0n) is 61.1. The molecule has 5 aromatic rings. The average molecular weight is 1430 g/mol. The maximum atomic E-state index is 12.1. The lowest BCUT2D eigenvalue weighted by Crippen LogP contribution is -2.09. The topological polar surface area (TPSA) is 202 Å². The lowest BCUT2D eigenvalue weighted by Gasteiger charge is -2.16.